The number of hydrogen-bond donors (Lipinski definition) is 1. The van der Waals surface area contributed by atoms with Crippen LogP contribution < -0.4 is 10.1 Å². The minimum atomic E-state index is -0.540. The maximum absolute atomic E-state index is 12.9. The van der Waals surface area contributed by atoms with Gasteiger partial charge in [0.2, 0.25) is 5.91 Å². The first-order valence-electron chi connectivity index (χ1n) is 8.80. The van der Waals surface area contributed by atoms with E-state index in [1.807, 2.05) is 19.1 Å². The quantitative estimate of drug-likeness (QED) is 0.786. The van der Waals surface area contributed by atoms with Crippen LogP contribution in [0.5, 0.6) is 5.75 Å². The third-order valence-corrected chi connectivity index (χ3v) is 5.17. The molecule has 0 spiro atoms. The lowest BCUT2D eigenvalue weighted by Gasteiger charge is -2.24. The highest BCUT2D eigenvalue weighted by molar-refractivity contribution is 6.42. The molecule has 1 heterocycles. The number of halogens is 2. The fraction of sp³-hybridized carbons (Fsp3) is 0.300. The number of rotatable bonds is 5. The number of likely N-dealkylation sites (tertiary alicyclic amines) is 1. The molecule has 0 aromatic heterocycles. The number of carbonyl (C=O) groups is 2. The van der Waals surface area contributed by atoms with Gasteiger partial charge in [0.15, 0.2) is 0 Å². The molecule has 3 rings (SSSR count). The second-order valence-electron chi connectivity index (χ2n) is 6.20. The second-order valence-corrected chi connectivity index (χ2v) is 7.02. The average molecular weight is 407 g/mol. The van der Waals surface area contributed by atoms with Crippen molar-refractivity contribution in [2.45, 2.75) is 25.8 Å². The molecule has 1 fully saturated rings. The first kappa shape index (κ1) is 19.5. The second kappa shape index (κ2) is 8.63. The van der Waals surface area contributed by atoms with Crippen LogP contribution in [0.15, 0.2) is 42.5 Å². The minimum Gasteiger partial charge on any atom is -0.492 e. The Labute approximate surface area is 168 Å². The van der Waals surface area contributed by atoms with Crippen molar-refractivity contribution in [2.24, 2.45) is 0 Å². The summed E-state index contributed by atoms with van der Waals surface area (Å²) in [7, 11) is 0. The lowest BCUT2D eigenvalue weighted by molar-refractivity contribution is -0.119. The van der Waals surface area contributed by atoms with Gasteiger partial charge in [0, 0.05) is 12.1 Å². The van der Waals surface area contributed by atoms with E-state index in [9.17, 15) is 9.59 Å². The highest BCUT2D eigenvalue weighted by atomic mass is 35.5. The predicted octanol–water partition coefficient (Wildman–Crippen LogP) is 4.64. The van der Waals surface area contributed by atoms with E-state index in [1.54, 1.807) is 29.2 Å². The average Bonchev–Trinajstić information content (AvgIpc) is 3.15. The largest absolute Gasteiger partial charge is 0.492 e. The summed E-state index contributed by atoms with van der Waals surface area (Å²) in [5, 5.41) is 3.59. The maximum Gasteiger partial charge on any atom is 0.254 e. The van der Waals surface area contributed by atoms with Crippen molar-refractivity contribution < 1.29 is 14.3 Å². The zero-order valence-corrected chi connectivity index (χ0v) is 16.4. The van der Waals surface area contributed by atoms with Crippen LogP contribution in [0.1, 0.15) is 30.1 Å². The molecule has 2 aromatic rings. The van der Waals surface area contributed by atoms with Crippen molar-refractivity contribution in [3.63, 3.8) is 0 Å². The number of carbonyl (C=O) groups excluding carboxylic acids is 2. The molecule has 2 amide bonds. The predicted molar refractivity (Wildman–Crippen MR) is 107 cm³/mol. The number of nitrogens with zero attached hydrogens (tertiary/aromatic N) is 1. The number of ether oxygens (including phenoxy) is 1. The lowest BCUT2D eigenvalue weighted by Crippen LogP contribution is -2.43. The molecular weight excluding hydrogens is 387 g/mol. The number of anilines is 1. The van der Waals surface area contributed by atoms with Gasteiger partial charge >= 0.3 is 0 Å². The molecule has 0 aliphatic carbocycles. The van der Waals surface area contributed by atoms with E-state index in [4.69, 9.17) is 27.9 Å². The van der Waals surface area contributed by atoms with Gasteiger partial charge < -0.3 is 15.0 Å². The summed E-state index contributed by atoms with van der Waals surface area (Å²) in [5.41, 5.74) is 1.01. The lowest BCUT2D eigenvalue weighted by atomic mass is 10.1. The standard InChI is InChI=1S/C20H20Cl2N2O3/c1-2-27-18-8-4-3-6-16(18)23-19(25)17-7-5-11-24(17)20(26)13-9-10-14(21)15(22)12-13/h3-4,6,8-10,12,17H,2,5,7,11H2,1H3,(H,23,25). The summed E-state index contributed by atoms with van der Waals surface area (Å²) in [4.78, 5) is 27.3. The third kappa shape index (κ3) is 4.37. The van der Waals surface area contributed by atoms with Crippen molar-refractivity contribution in [1.29, 1.82) is 0 Å². The molecule has 1 saturated heterocycles. The molecule has 1 atom stereocenters. The molecule has 1 unspecified atom stereocenters. The maximum atomic E-state index is 12.9. The Bertz CT molecular complexity index is 857. The molecule has 1 N–H and O–H groups in total. The van der Waals surface area contributed by atoms with E-state index in [-0.39, 0.29) is 11.8 Å². The van der Waals surface area contributed by atoms with Crippen LogP contribution in [-0.2, 0) is 4.79 Å². The highest BCUT2D eigenvalue weighted by Gasteiger charge is 2.35. The first-order chi connectivity index (χ1) is 13.0. The summed E-state index contributed by atoms with van der Waals surface area (Å²) in [5.74, 6) is 0.145. The molecule has 1 aliphatic rings. The van der Waals surface area contributed by atoms with E-state index in [2.05, 4.69) is 5.32 Å². The number of nitrogens with one attached hydrogen (secondary N) is 1. The molecule has 0 radical (unpaired) electrons. The van der Waals surface area contributed by atoms with Crippen LogP contribution in [0.2, 0.25) is 10.0 Å². The number of para-hydroxylation sites is 2. The van der Waals surface area contributed by atoms with Gasteiger partial charge in [-0.2, -0.15) is 0 Å². The van der Waals surface area contributed by atoms with Crippen molar-refractivity contribution in [3.05, 3.63) is 58.1 Å². The van der Waals surface area contributed by atoms with Gasteiger partial charge in [-0.1, -0.05) is 35.3 Å². The monoisotopic (exact) mass is 406 g/mol. The van der Waals surface area contributed by atoms with Crippen LogP contribution in [0.3, 0.4) is 0 Å². The Morgan fingerprint density at radius 3 is 2.70 bits per heavy atom. The van der Waals surface area contributed by atoms with E-state index in [0.717, 1.165) is 6.42 Å². The molecule has 1 aliphatic heterocycles. The summed E-state index contributed by atoms with van der Waals surface area (Å²) in [6.45, 7) is 2.90. The fourth-order valence-electron chi connectivity index (χ4n) is 3.14. The Hall–Kier alpha value is -2.24. The Morgan fingerprint density at radius 2 is 1.96 bits per heavy atom. The molecule has 0 bridgehead atoms. The minimum absolute atomic E-state index is 0.229. The summed E-state index contributed by atoms with van der Waals surface area (Å²) in [6, 6.07) is 11.4. The van der Waals surface area contributed by atoms with E-state index in [0.29, 0.717) is 46.6 Å². The number of hydrogen-bond acceptors (Lipinski definition) is 3. The van der Waals surface area contributed by atoms with E-state index < -0.39 is 6.04 Å². The summed E-state index contributed by atoms with van der Waals surface area (Å²) < 4.78 is 5.55. The van der Waals surface area contributed by atoms with Crippen LogP contribution in [0.4, 0.5) is 5.69 Å². The zero-order chi connectivity index (χ0) is 19.4. The van der Waals surface area contributed by atoms with Gasteiger partial charge in [-0.15, -0.1) is 0 Å². The number of benzene rings is 2. The molecular formula is C20H20Cl2N2O3. The van der Waals surface area contributed by atoms with E-state index >= 15 is 0 Å². The number of amides is 2. The van der Waals surface area contributed by atoms with Crippen LogP contribution in [0.25, 0.3) is 0 Å². The normalized spacial score (nSPS) is 16.3. The molecule has 2 aromatic carbocycles. The van der Waals surface area contributed by atoms with Gasteiger partial charge in [-0.25, -0.2) is 0 Å². The van der Waals surface area contributed by atoms with Gasteiger partial charge in [0.1, 0.15) is 11.8 Å². The SMILES string of the molecule is CCOc1ccccc1NC(=O)C1CCCN1C(=O)c1ccc(Cl)c(Cl)c1. The molecule has 0 saturated carbocycles. The molecule has 5 nitrogen and oxygen atoms in total. The van der Waals surface area contributed by atoms with Gasteiger partial charge in [0.05, 0.1) is 22.3 Å². The first-order valence-corrected chi connectivity index (χ1v) is 9.55. The smallest absolute Gasteiger partial charge is 0.254 e. The molecule has 142 valence electrons. The van der Waals surface area contributed by atoms with Gasteiger partial charge in [-0.05, 0) is 50.1 Å². The van der Waals surface area contributed by atoms with Crippen LogP contribution in [0, 0.1) is 0 Å². The van der Waals surface area contributed by atoms with Gasteiger partial charge in [0.25, 0.3) is 5.91 Å². The van der Waals surface area contributed by atoms with E-state index in [1.165, 1.54) is 6.07 Å². The molecule has 27 heavy (non-hydrogen) atoms. The fourth-order valence-corrected chi connectivity index (χ4v) is 3.44. The Morgan fingerprint density at radius 1 is 1.19 bits per heavy atom. The Kier molecular flexibility index (Phi) is 6.24. The third-order valence-electron chi connectivity index (χ3n) is 4.43. The van der Waals surface area contributed by atoms with Crippen LogP contribution in [-0.4, -0.2) is 35.9 Å². The van der Waals surface area contributed by atoms with Crippen molar-refractivity contribution in [2.75, 3.05) is 18.5 Å². The van der Waals surface area contributed by atoms with Gasteiger partial charge in [-0.3, -0.25) is 9.59 Å². The van der Waals surface area contributed by atoms with Crippen molar-refractivity contribution in [1.82, 2.24) is 4.90 Å². The van der Waals surface area contributed by atoms with Crippen LogP contribution >= 0.6 is 23.2 Å². The summed E-state index contributed by atoms with van der Waals surface area (Å²) in [6.07, 6.45) is 1.37. The summed E-state index contributed by atoms with van der Waals surface area (Å²) >= 11 is 11.9. The topological polar surface area (TPSA) is 58.6 Å². The van der Waals surface area contributed by atoms with Crippen molar-refractivity contribution in [3.8, 4) is 5.75 Å². The van der Waals surface area contributed by atoms with Crippen molar-refractivity contribution >= 4 is 40.7 Å². The zero-order valence-electron chi connectivity index (χ0n) is 14.9. The Balaban J connectivity index is 1.76. The highest BCUT2D eigenvalue weighted by Crippen LogP contribution is 2.28. The molecule has 7 heteroatoms.